The van der Waals surface area contributed by atoms with E-state index in [2.05, 4.69) is 5.32 Å². The number of hydrogen-bond donors (Lipinski definition) is 3. The van der Waals surface area contributed by atoms with Gasteiger partial charge in [-0.1, -0.05) is 23.8 Å². The van der Waals surface area contributed by atoms with Gasteiger partial charge in [0.05, 0.1) is 11.6 Å². The largest absolute Gasteiger partial charge is 0.389 e. The quantitative estimate of drug-likeness (QED) is 0.686. The highest BCUT2D eigenvalue weighted by Gasteiger charge is 2.04. The van der Waals surface area contributed by atoms with Crippen LogP contribution in [0.3, 0.4) is 0 Å². The molecule has 0 radical (unpaired) electrons. The van der Waals surface area contributed by atoms with E-state index < -0.39 is 5.91 Å². The lowest BCUT2D eigenvalue weighted by atomic mass is 10.2. The lowest BCUT2D eigenvalue weighted by Gasteiger charge is -2.07. The minimum atomic E-state index is -0.440. The Kier molecular flexibility index (Phi) is 3.88. The first-order chi connectivity index (χ1) is 7.00. The van der Waals surface area contributed by atoms with Gasteiger partial charge in [-0.15, -0.1) is 0 Å². The highest BCUT2D eigenvalue weighted by molar-refractivity contribution is 7.80. The molecular formula is C9H10ClN3OS. The molecule has 0 atom stereocenters. The third kappa shape index (κ3) is 3.38. The maximum atomic E-state index is 10.5. The van der Waals surface area contributed by atoms with Gasteiger partial charge in [0.15, 0.2) is 0 Å². The smallest absolute Gasteiger partial charge is 0.236 e. The molecule has 80 valence electrons. The zero-order valence-electron chi connectivity index (χ0n) is 7.79. The molecule has 0 bridgehead atoms. The normalized spacial score (nSPS) is 9.67. The molecule has 0 aromatic heterocycles. The molecule has 0 saturated heterocycles. The summed E-state index contributed by atoms with van der Waals surface area (Å²) in [5, 5.41) is 3.25. The highest BCUT2D eigenvalue weighted by Crippen LogP contribution is 2.20. The molecule has 4 nitrogen and oxygen atoms in total. The molecule has 0 heterocycles. The summed E-state index contributed by atoms with van der Waals surface area (Å²) in [5.41, 5.74) is 11.7. The Balaban J connectivity index is 2.82. The molecule has 0 fully saturated rings. The van der Waals surface area contributed by atoms with E-state index in [1.165, 1.54) is 0 Å². The van der Waals surface area contributed by atoms with Crippen LogP contribution in [0.5, 0.6) is 0 Å². The number of rotatable bonds is 4. The summed E-state index contributed by atoms with van der Waals surface area (Å²) < 4.78 is 0. The number of carbonyl (C=O) groups excluding carboxylic acids is 1. The Morgan fingerprint density at radius 1 is 1.47 bits per heavy atom. The predicted octanol–water partition coefficient (Wildman–Crippen LogP) is 0.871. The zero-order chi connectivity index (χ0) is 11.4. The van der Waals surface area contributed by atoms with Gasteiger partial charge in [-0.2, -0.15) is 0 Å². The van der Waals surface area contributed by atoms with Crippen molar-refractivity contribution in [3.05, 3.63) is 28.8 Å². The second-order valence-electron chi connectivity index (χ2n) is 2.88. The standard InChI is InChI=1S/C9H10ClN3OS/c10-7-3-5(13-4-8(11)14)1-2-6(7)9(12)15/h1-3,13H,4H2,(H2,11,14)(H2,12,15). The van der Waals surface area contributed by atoms with Crippen LogP contribution in [0.4, 0.5) is 5.69 Å². The summed E-state index contributed by atoms with van der Waals surface area (Å²) in [6.45, 7) is 0.0583. The van der Waals surface area contributed by atoms with E-state index >= 15 is 0 Å². The zero-order valence-corrected chi connectivity index (χ0v) is 9.36. The number of thiocarbonyl (C=S) groups is 1. The van der Waals surface area contributed by atoms with Crippen molar-refractivity contribution >= 4 is 40.4 Å². The van der Waals surface area contributed by atoms with E-state index in [9.17, 15) is 4.79 Å². The SMILES string of the molecule is NC(=O)CNc1ccc(C(N)=S)c(Cl)c1. The second-order valence-corrected chi connectivity index (χ2v) is 3.73. The van der Waals surface area contributed by atoms with Crippen LogP contribution < -0.4 is 16.8 Å². The average Bonchev–Trinajstić information content (AvgIpc) is 2.14. The Morgan fingerprint density at radius 3 is 2.60 bits per heavy atom. The van der Waals surface area contributed by atoms with Crippen molar-refractivity contribution < 1.29 is 4.79 Å². The van der Waals surface area contributed by atoms with E-state index in [1.54, 1.807) is 18.2 Å². The van der Waals surface area contributed by atoms with Crippen molar-refractivity contribution in [2.75, 3.05) is 11.9 Å². The van der Waals surface area contributed by atoms with Gasteiger partial charge in [0.25, 0.3) is 0 Å². The molecule has 15 heavy (non-hydrogen) atoms. The maximum Gasteiger partial charge on any atom is 0.236 e. The van der Waals surface area contributed by atoms with Crippen LogP contribution in [0.1, 0.15) is 5.56 Å². The van der Waals surface area contributed by atoms with Crippen molar-refractivity contribution in [2.45, 2.75) is 0 Å². The van der Waals surface area contributed by atoms with E-state index in [4.69, 9.17) is 35.3 Å². The van der Waals surface area contributed by atoms with Crippen LogP contribution in [0.15, 0.2) is 18.2 Å². The van der Waals surface area contributed by atoms with Crippen LogP contribution >= 0.6 is 23.8 Å². The molecule has 1 aromatic carbocycles. The van der Waals surface area contributed by atoms with Crippen molar-refractivity contribution in [1.82, 2.24) is 0 Å². The monoisotopic (exact) mass is 243 g/mol. The lowest BCUT2D eigenvalue weighted by molar-refractivity contribution is -0.116. The van der Waals surface area contributed by atoms with E-state index in [0.717, 1.165) is 0 Å². The minimum Gasteiger partial charge on any atom is -0.389 e. The molecule has 6 heteroatoms. The first kappa shape index (κ1) is 11.7. The molecule has 0 aliphatic heterocycles. The van der Waals surface area contributed by atoms with Crippen molar-refractivity contribution in [1.29, 1.82) is 0 Å². The highest BCUT2D eigenvalue weighted by atomic mass is 35.5. The average molecular weight is 244 g/mol. The fraction of sp³-hybridized carbons (Fsp3) is 0.111. The summed E-state index contributed by atoms with van der Waals surface area (Å²) in [6.07, 6.45) is 0. The molecule has 1 aromatic rings. The van der Waals surface area contributed by atoms with Crippen molar-refractivity contribution in [2.24, 2.45) is 11.5 Å². The van der Waals surface area contributed by atoms with Gasteiger partial charge in [0, 0.05) is 11.3 Å². The number of amides is 1. The molecule has 0 aliphatic carbocycles. The molecule has 5 N–H and O–H groups in total. The number of benzene rings is 1. The van der Waals surface area contributed by atoms with Gasteiger partial charge in [0.1, 0.15) is 4.99 Å². The van der Waals surface area contributed by atoms with Gasteiger partial charge in [-0.05, 0) is 18.2 Å². The minimum absolute atomic E-state index is 0.0583. The van der Waals surface area contributed by atoms with E-state index in [-0.39, 0.29) is 11.5 Å². The molecule has 0 aliphatic rings. The van der Waals surface area contributed by atoms with Gasteiger partial charge >= 0.3 is 0 Å². The van der Waals surface area contributed by atoms with Crippen molar-refractivity contribution in [3.8, 4) is 0 Å². The molecule has 1 rings (SSSR count). The molecular weight excluding hydrogens is 234 g/mol. The van der Waals surface area contributed by atoms with Crippen molar-refractivity contribution in [3.63, 3.8) is 0 Å². The topological polar surface area (TPSA) is 81.1 Å². The van der Waals surface area contributed by atoms with E-state index in [1.807, 2.05) is 0 Å². The van der Waals surface area contributed by atoms with Crippen LogP contribution in [0.25, 0.3) is 0 Å². The summed E-state index contributed by atoms with van der Waals surface area (Å²) in [5.74, 6) is -0.440. The Labute approximate surface area is 97.6 Å². The van der Waals surface area contributed by atoms with E-state index in [0.29, 0.717) is 16.3 Å². The fourth-order valence-corrected chi connectivity index (χ4v) is 1.53. The molecule has 0 saturated carbocycles. The predicted molar refractivity (Wildman–Crippen MR) is 65.0 cm³/mol. The summed E-state index contributed by atoms with van der Waals surface area (Å²) in [6, 6.07) is 5.05. The third-order valence-corrected chi connectivity index (χ3v) is 2.23. The fourth-order valence-electron chi connectivity index (χ4n) is 1.01. The molecule has 0 unspecified atom stereocenters. The van der Waals surface area contributed by atoms with Gasteiger partial charge in [-0.25, -0.2) is 0 Å². The molecule has 0 spiro atoms. The number of hydrogen-bond acceptors (Lipinski definition) is 3. The first-order valence-electron chi connectivity index (χ1n) is 4.12. The van der Waals surface area contributed by atoms with Gasteiger partial charge in [0.2, 0.25) is 5.91 Å². The Morgan fingerprint density at radius 2 is 2.13 bits per heavy atom. The first-order valence-corrected chi connectivity index (χ1v) is 4.91. The van der Waals surface area contributed by atoms with Gasteiger partial charge in [-0.3, -0.25) is 4.79 Å². The summed E-state index contributed by atoms with van der Waals surface area (Å²) in [4.78, 5) is 10.8. The maximum absolute atomic E-state index is 10.5. The van der Waals surface area contributed by atoms with Crippen LogP contribution in [0.2, 0.25) is 5.02 Å². The van der Waals surface area contributed by atoms with Crippen LogP contribution in [0, 0.1) is 0 Å². The number of primary amides is 1. The number of carbonyl (C=O) groups is 1. The molecule has 1 amide bonds. The van der Waals surface area contributed by atoms with Crippen LogP contribution in [-0.2, 0) is 4.79 Å². The summed E-state index contributed by atoms with van der Waals surface area (Å²) in [7, 11) is 0. The second kappa shape index (κ2) is 4.95. The number of nitrogens with two attached hydrogens (primary N) is 2. The third-order valence-electron chi connectivity index (χ3n) is 1.70. The number of anilines is 1. The summed E-state index contributed by atoms with van der Waals surface area (Å²) >= 11 is 10.7. The van der Waals surface area contributed by atoms with Gasteiger partial charge < -0.3 is 16.8 Å². The Hall–Kier alpha value is -1.33. The number of halogens is 1. The lowest BCUT2D eigenvalue weighted by Crippen LogP contribution is -2.21. The number of nitrogens with one attached hydrogen (secondary N) is 1. The van der Waals surface area contributed by atoms with Crippen LogP contribution in [-0.4, -0.2) is 17.4 Å². The Bertz CT molecular complexity index is 408.